The zero-order valence-corrected chi connectivity index (χ0v) is 17.6. The maximum atomic E-state index is 11.2. The molecule has 1 aliphatic carbocycles. The minimum absolute atomic E-state index is 0.141. The number of carboxylic acids is 2. The number of nitrogens with zero attached hydrogens (tertiary/aromatic N) is 2. The molecular weight excluding hydrogens is 412 g/mol. The average Bonchev–Trinajstić information content (AvgIpc) is 3.33. The zero-order chi connectivity index (χ0) is 22.0. The van der Waals surface area contributed by atoms with E-state index in [4.69, 9.17) is 15.5 Å². The number of thioether (sulfide) groups is 1. The molecule has 2 aromatic carbocycles. The van der Waals surface area contributed by atoms with Crippen molar-refractivity contribution >= 4 is 41.2 Å². The molecule has 2 atom stereocenters. The largest absolute Gasteiger partial charge is 0.481 e. The van der Waals surface area contributed by atoms with Crippen molar-refractivity contribution in [2.45, 2.75) is 42.5 Å². The molecule has 2 N–H and O–H groups in total. The molecule has 1 heterocycles. The Morgan fingerprint density at radius 3 is 2.61 bits per heavy atom. The molecule has 2 aliphatic rings. The fourth-order valence-electron chi connectivity index (χ4n) is 4.57. The van der Waals surface area contributed by atoms with Gasteiger partial charge < -0.3 is 15.1 Å². The lowest BCUT2D eigenvalue weighted by molar-refractivity contribution is -0.136. The van der Waals surface area contributed by atoms with Crippen molar-refractivity contribution < 1.29 is 19.8 Å². The fourth-order valence-corrected chi connectivity index (χ4v) is 5.41. The molecule has 7 heteroatoms. The van der Waals surface area contributed by atoms with Gasteiger partial charge in [0.25, 0.3) is 0 Å². The average molecular weight is 435 g/mol. The van der Waals surface area contributed by atoms with E-state index < -0.39 is 11.9 Å². The first-order valence-corrected chi connectivity index (χ1v) is 11.2. The number of rotatable bonds is 7. The molecule has 0 bridgehead atoms. The van der Waals surface area contributed by atoms with E-state index in [1.54, 1.807) is 6.07 Å². The summed E-state index contributed by atoms with van der Waals surface area (Å²) in [6.07, 6.45) is 4.90. The Morgan fingerprint density at radius 1 is 1.16 bits per heavy atom. The first-order valence-electron chi connectivity index (χ1n) is 10.2. The van der Waals surface area contributed by atoms with Crippen molar-refractivity contribution in [3.63, 3.8) is 0 Å². The van der Waals surface area contributed by atoms with Crippen LogP contribution in [0.25, 0.3) is 6.08 Å². The van der Waals surface area contributed by atoms with Crippen molar-refractivity contribution in [2.24, 2.45) is 0 Å². The summed E-state index contributed by atoms with van der Waals surface area (Å²) < 4.78 is 0. The number of fused-ring (bicyclic) bond motifs is 3. The second kappa shape index (κ2) is 8.86. The Morgan fingerprint density at radius 2 is 1.94 bits per heavy atom. The maximum absolute atomic E-state index is 11.2. The number of anilines is 2. The third-order valence-electron chi connectivity index (χ3n) is 5.88. The van der Waals surface area contributed by atoms with Gasteiger partial charge in [0.15, 0.2) is 0 Å². The molecule has 158 valence electrons. The number of hydrogen-bond donors (Lipinski definition) is 2. The summed E-state index contributed by atoms with van der Waals surface area (Å²) in [6.45, 7) is 0. The van der Waals surface area contributed by atoms with Crippen LogP contribution in [0.4, 0.5) is 11.4 Å². The number of nitriles is 1. The Bertz CT molecular complexity index is 1090. The van der Waals surface area contributed by atoms with E-state index in [-0.39, 0.29) is 12.0 Å². The van der Waals surface area contributed by atoms with E-state index in [1.807, 2.05) is 30.3 Å². The Kier molecular flexibility index (Phi) is 6.01. The third kappa shape index (κ3) is 4.30. The topological polar surface area (TPSA) is 102 Å². The van der Waals surface area contributed by atoms with Gasteiger partial charge in [-0.1, -0.05) is 12.5 Å². The summed E-state index contributed by atoms with van der Waals surface area (Å²) >= 11 is 1.54. The van der Waals surface area contributed by atoms with Crippen molar-refractivity contribution in [3.05, 3.63) is 59.2 Å². The molecule has 6 nitrogen and oxygen atoms in total. The summed E-state index contributed by atoms with van der Waals surface area (Å²) in [6, 6.07) is 16.3. The molecule has 4 rings (SSSR count). The van der Waals surface area contributed by atoms with Gasteiger partial charge in [-0.15, -0.1) is 11.8 Å². The number of hydrogen-bond acceptors (Lipinski definition) is 5. The van der Waals surface area contributed by atoms with E-state index in [0.717, 1.165) is 41.1 Å². The zero-order valence-electron chi connectivity index (χ0n) is 16.8. The summed E-state index contributed by atoms with van der Waals surface area (Å²) in [4.78, 5) is 25.3. The van der Waals surface area contributed by atoms with Crippen LogP contribution < -0.4 is 4.90 Å². The molecule has 1 fully saturated rings. The van der Waals surface area contributed by atoms with Crippen LogP contribution in [0.5, 0.6) is 0 Å². The smallest absolute Gasteiger partial charge is 0.346 e. The number of aliphatic carboxylic acids is 2. The van der Waals surface area contributed by atoms with Crippen LogP contribution in [0.15, 0.2) is 52.9 Å². The van der Waals surface area contributed by atoms with Crippen LogP contribution in [-0.2, 0) is 9.59 Å². The fraction of sp³-hybridized carbons (Fsp3) is 0.292. The highest BCUT2D eigenvalue weighted by atomic mass is 32.2. The van der Waals surface area contributed by atoms with Gasteiger partial charge in [0.1, 0.15) is 11.6 Å². The van der Waals surface area contributed by atoms with Crippen molar-refractivity contribution in [3.8, 4) is 6.07 Å². The second-order valence-electron chi connectivity index (χ2n) is 7.75. The van der Waals surface area contributed by atoms with Crippen LogP contribution >= 0.6 is 11.8 Å². The van der Waals surface area contributed by atoms with Gasteiger partial charge in [0.05, 0.1) is 6.42 Å². The van der Waals surface area contributed by atoms with Crippen LogP contribution in [0.3, 0.4) is 0 Å². The van der Waals surface area contributed by atoms with Gasteiger partial charge in [-0.25, -0.2) is 4.79 Å². The maximum Gasteiger partial charge on any atom is 0.346 e. The van der Waals surface area contributed by atoms with Crippen LogP contribution in [0.2, 0.25) is 0 Å². The predicted octanol–water partition coefficient (Wildman–Crippen LogP) is 5.03. The Labute approximate surface area is 184 Å². The van der Waals surface area contributed by atoms with Gasteiger partial charge in [-0.05, 0) is 66.4 Å². The number of carbonyl (C=O) groups is 2. The summed E-state index contributed by atoms with van der Waals surface area (Å²) in [7, 11) is 0. The van der Waals surface area contributed by atoms with E-state index in [9.17, 15) is 9.59 Å². The molecule has 0 saturated heterocycles. The highest BCUT2D eigenvalue weighted by molar-refractivity contribution is 7.99. The van der Waals surface area contributed by atoms with Gasteiger partial charge in [-0.3, -0.25) is 4.79 Å². The van der Waals surface area contributed by atoms with Crippen molar-refractivity contribution in [1.29, 1.82) is 5.26 Å². The summed E-state index contributed by atoms with van der Waals surface area (Å²) in [5.74, 6) is -1.07. The molecule has 31 heavy (non-hydrogen) atoms. The first-order chi connectivity index (χ1) is 15.0. The van der Waals surface area contributed by atoms with Crippen LogP contribution in [0, 0.1) is 11.3 Å². The van der Waals surface area contributed by atoms with Crippen LogP contribution in [0.1, 0.15) is 42.7 Å². The molecule has 1 aliphatic heterocycles. The van der Waals surface area contributed by atoms with Crippen molar-refractivity contribution in [2.75, 3.05) is 10.7 Å². The summed E-state index contributed by atoms with van der Waals surface area (Å²) in [5, 5.41) is 27.0. The lowest BCUT2D eigenvalue weighted by Gasteiger charge is -2.27. The van der Waals surface area contributed by atoms with Gasteiger partial charge in [-0.2, -0.15) is 5.26 Å². The standard InChI is InChI=1S/C24H22N2O4S/c25-14-16(24(29)30)12-15-4-9-22-20(13-15)19-2-1-3-21(19)26(22)17-5-7-18(8-6-17)31-11-10-23(27)28/h4-9,12-13,19,21H,1-3,10-11H2,(H,27,28)(H,29,30)/b16-12+. The number of benzene rings is 2. The van der Waals surface area contributed by atoms with E-state index in [2.05, 4.69) is 17.0 Å². The summed E-state index contributed by atoms with van der Waals surface area (Å²) in [5.41, 5.74) is 3.90. The monoisotopic (exact) mass is 434 g/mol. The van der Waals surface area contributed by atoms with E-state index in [1.165, 1.54) is 23.4 Å². The highest BCUT2D eigenvalue weighted by Gasteiger charge is 2.42. The minimum Gasteiger partial charge on any atom is -0.481 e. The molecule has 1 saturated carbocycles. The van der Waals surface area contributed by atoms with Crippen LogP contribution in [-0.4, -0.2) is 33.9 Å². The highest BCUT2D eigenvalue weighted by Crippen LogP contribution is 2.52. The SMILES string of the molecule is N#C/C(=C\c1ccc2c(c1)C1CCCC1N2c1ccc(SCCC(=O)O)cc1)C(=O)O. The van der Waals surface area contributed by atoms with Crippen molar-refractivity contribution in [1.82, 2.24) is 0 Å². The normalized spacial score (nSPS) is 19.6. The van der Waals surface area contributed by atoms with E-state index in [0.29, 0.717) is 17.7 Å². The lowest BCUT2D eigenvalue weighted by atomic mass is 9.95. The predicted molar refractivity (Wildman–Crippen MR) is 120 cm³/mol. The van der Waals surface area contributed by atoms with Gasteiger partial charge >= 0.3 is 11.9 Å². The van der Waals surface area contributed by atoms with Gasteiger partial charge in [0, 0.05) is 34.0 Å². The lowest BCUT2D eigenvalue weighted by Crippen LogP contribution is -2.26. The first kappa shape index (κ1) is 21.0. The molecule has 0 radical (unpaired) electrons. The Balaban J connectivity index is 1.62. The second-order valence-corrected chi connectivity index (χ2v) is 8.92. The molecule has 2 unspecified atom stereocenters. The minimum atomic E-state index is -1.22. The van der Waals surface area contributed by atoms with Gasteiger partial charge in [0.2, 0.25) is 0 Å². The third-order valence-corrected chi connectivity index (χ3v) is 6.90. The molecule has 0 amide bonds. The Hall–Kier alpha value is -3.24. The molecule has 0 spiro atoms. The molecule has 2 aromatic rings. The quantitative estimate of drug-likeness (QED) is 0.358. The molecular formula is C24H22N2O4S. The van der Waals surface area contributed by atoms with E-state index >= 15 is 0 Å². The molecule has 0 aromatic heterocycles. The number of carboxylic acid groups (broad SMARTS) is 2.